The fourth-order valence-corrected chi connectivity index (χ4v) is 2.08. The van der Waals surface area contributed by atoms with Gasteiger partial charge in [-0.05, 0) is 48.5 Å². The van der Waals surface area contributed by atoms with Gasteiger partial charge in [0.05, 0.1) is 11.6 Å². The van der Waals surface area contributed by atoms with Crippen molar-refractivity contribution in [3.63, 3.8) is 0 Å². The number of hydrogen-bond acceptors (Lipinski definition) is 4. The van der Waals surface area contributed by atoms with Crippen LogP contribution in [0, 0.1) is 11.3 Å². The van der Waals surface area contributed by atoms with E-state index in [0.29, 0.717) is 22.0 Å². The highest BCUT2D eigenvalue weighted by Crippen LogP contribution is 2.22. The molecule has 0 spiro atoms. The summed E-state index contributed by atoms with van der Waals surface area (Å²) < 4.78 is 5.19. The summed E-state index contributed by atoms with van der Waals surface area (Å²) in [6.07, 6.45) is 0. The normalized spacial score (nSPS) is 10.1. The van der Waals surface area contributed by atoms with Gasteiger partial charge in [-0.25, -0.2) is 0 Å². The number of nitrogens with one attached hydrogen (secondary N) is 1. The second kappa shape index (κ2) is 6.34. The minimum Gasteiger partial charge on any atom is -0.355 e. The topological polar surface area (TPSA) is 78.9 Å². The second-order valence-electron chi connectivity index (χ2n) is 4.73. The van der Waals surface area contributed by atoms with Crippen LogP contribution in [-0.4, -0.2) is 11.1 Å². The molecule has 2 aromatic carbocycles. The molecule has 23 heavy (non-hydrogen) atoms. The molecular weight excluding hydrogens is 314 g/mol. The summed E-state index contributed by atoms with van der Waals surface area (Å²) in [6, 6.07) is 17.1. The molecular formula is C17H10ClN3O2. The largest absolute Gasteiger partial charge is 0.355 e. The quantitative estimate of drug-likeness (QED) is 0.786. The van der Waals surface area contributed by atoms with E-state index in [9.17, 15) is 4.79 Å². The maximum absolute atomic E-state index is 12.1. The number of nitriles is 1. The summed E-state index contributed by atoms with van der Waals surface area (Å²) in [4.78, 5) is 12.1. The first-order valence-electron chi connectivity index (χ1n) is 6.70. The number of benzene rings is 2. The van der Waals surface area contributed by atoms with E-state index >= 15 is 0 Å². The third-order valence-electron chi connectivity index (χ3n) is 3.14. The van der Waals surface area contributed by atoms with E-state index in [1.807, 2.05) is 6.07 Å². The van der Waals surface area contributed by atoms with Gasteiger partial charge in [-0.2, -0.15) is 5.26 Å². The van der Waals surface area contributed by atoms with Crippen molar-refractivity contribution < 1.29 is 9.32 Å². The Morgan fingerprint density at radius 2 is 1.83 bits per heavy atom. The minimum absolute atomic E-state index is 0.166. The zero-order valence-electron chi connectivity index (χ0n) is 11.8. The molecule has 0 unspecified atom stereocenters. The summed E-state index contributed by atoms with van der Waals surface area (Å²) in [5, 5.41) is 15.8. The van der Waals surface area contributed by atoms with Crippen LogP contribution in [-0.2, 0) is 0 Å². The molecule has 112 valence electrons. The van der Waals surface area contributed by atoms with E-state index in [1.54, 1.807) is 54.6 Å². The van der Waals surface area contributed by atoms with Gasteiger partial charge in [0.25, 0.3) is 5.91 Å². The average molecular weight is 324 g/mol. The monoisotopic (exact) mass is 323 g/mol. The van der Waals surface area contributed by atoms with Gasteiger partial charge in [-0.3, -0.25) is 4.79 Å². The number of halogens is 1. The zero-order valence-corrected chi connectivity index (χ0v) is 12.5. The summed E-state index contributed by atoms with van der Waals surface area (Å²) in [7, 11) is 0. The van der Waals surface area contributed by atoms with Crippen molar-refractivity contribution in [2.24, 2.45) is 0 Å². The molecule has 3 aromatic rings. The highest BCUT2D eigenvalue weighted by atomic mass is 35.5. The number of rotatable bonds is 3. The molecule has 0 atom stereocenters. The minimum atomic E-state index is -0.390. The number of anilines is 1. The van der Waals surface area contributed by atoms with Gasteiger partial charge in [0.15, 0.2) is 11.5 Å². The van der Waals surface area contributed by atoms with Crippen LogP contribution >= 0.6 is 11.6 Å². The van der Waals surface area contributed by atoms with Crippen molar-refractivity contribution in [3.05, 3.63) is 70.9 Å². The first-order chi connectivity index (χ1) is 11.2. The number of carbonyl (C=O) groups excluding carboxylic acids is 1. The molecule has 1 N–H and O–H groups in total. The number of aromatic nitrogens is 1. The Morgan fingerprint density at radius 3 is 2.48 bits per heavy atom. The number of nitrogens with zero attached hydrogens (tertiary/aromatic N) is 2. The summed E-state index contributed by atoms with van der Waals surface area (Å²) >= 11 is 5.84. The van der Waals surface area contributed by atoms with Gasteiger partial charge in [-0.1, -0.05) is 16.8 Å². The summed E-state index contributed by atoms with van der Waals surface area (Å²) in [5.41, 5.74) is 2.04. The molecule has 6 heteroatoms. The molecule has 0 radical (unpaired) electrons. The SMILES string of the molecule is N#Cc1ccc(NC(=O)c2cc(-c3ccc(Cl)cc3)on2)cc1. The van der Waals surface area contributed by atoms with Gasteiger partial charge in [0.2, 0.25) is 0 Å². The van der Waals surface area contributed by atoms with Crippen molar-refractivity contribution in [1.82, 2.24) is 5.16 Å². The van der Waals surface area contributed by atoms with Gasteiger partial charge < -0.3 is 9.84 Å². The molecule has 0 aliphatic rings. The van der Waals surface area contributed by atoms with E-state index in [2.05, 4.69) is 10.5 Å². The average Bonchev–Trinajstić information content (AvgIpc) is 3.06. The van der Waals surface area contributed by atoms with Crippen LogP contribution in [0.4, 0.5) is 5.69 Å². The Kier molecular flexibility index (Phi) is 4.09. The third-order valence-corrected chi connectivity index (χ3v) is 3.40. The van der Waals surface area contributed by atoms with Gasteiger partial charge in [0, 0.05) is 22.3 Å². The molecule has 0 aliphatic carbocycles. The fourth-order valence-electron chi connectivity index (χ4n) is 1.96. The predicted octanol–water partition coefficient (Wildman–Crippen LogP) is 4.12. The molecule has 1 aromatic heterocycles. The van der Waals surface area contributed by atoms with Crippen molar-refractivity contribution >= 4 is 23.2 Å². The fraction of sp³-hybridized carbons (Fsp3) is 0. The third kappa shape index (κ3) is 3.39. The molecule has 0 aliphatic heterocycles. The Balaban J connectivity index is 1.75. The van der Waals surface area contributed by atoms with E-state index in [1.165, 1.54) is 0 Å². The number of amides is 1. The maximum Gasteiger partial charge on any atom is 0.277 e. The van der Waals surface area contributed by atoms with Crippen LogP contribution in [0.25, 0.3) is 11.3 Å². The first kappa shape index (κ1) is 14.8. The van der Waals surface area contributed by atoms with Crippen molar-refractivity contribution in [3.8, 4) is 17.4 Å². The van der Waals surface area contributed by atoms with Crippen molar-refractivity contribution in [1.29, 1.82) is 5.26 Å². The van der Waals surface area contributed by atoms with Gasteiger partial charge in [0.1, 0.15) is 0 Å². The Bertz CT molecular complexity index is 877. The number of carbonyl (C=O) groups is 1. The predicted molar refractivity (Wildman–Crippen MR) is 86.1 cm³/mol. The molecule has 0 fully saturated rings. The lowest BCUT2D eigenvalue weighted by molar-refractivity contribution is 0.101. The highest BCUT2D eigenvalue weighted by molar-refractivity contribution is 6.30. The van der Waals surface area contributed by atoms with Crippen molar-refractivity contribution in [2.75, 3.05) is 5.32 Å². The maximum atomic E-state index is 12.1. The van der Waals surface area contributed by atoms with Crippen LogP contribution < -0.4 is 5.32 Å². The molecule has 5 nitrogen and oxygen atoms in total. The van der Waals surface area contributed by atoms with Crippen LogP contribution in [0.3, 0.4) is 0 Å². The van der Waals surface area contributed by atoms with Crippen LogP contribution in [0.2, 0.25) is 5.02 Å². The Hall–Kier alpha value is -3.10. The molecule has 1 amide bonds. The van der Waals surface area contributed by atoms with E-state index in [-0.39, 0.29) is 5.69 Å². The molecule has 0 saturated carbocycles. The lowest BCUT2D eigenvalue weighted by Crippen LogP contribution is -2.11. The molecule has 3 rings (SSSR count). The Morgan fingerprint density at radius 1 is 1.13 bits per heavy atom. The zero-order chi connectivity index (χ0) is 16.2. The van der Waals surface area contributed by atoms with E-state index < -0.39 is 5.91 Å². The molecule has 0 bridgehead atoms. The van der Waals surface area contributed by atoms with Crippen LogP contribution in [0.5, 0.6) is 0 Å². The van der Waals surface area contributed by atoms with E-state index in [0.717, 1.165) is 5.56 Å². The first-order valence-corrected chi connectivity index (χ1v) is 7.08. The smallest absolute Gasteiger partial charge is 0.277 e. The second-order valence-corrected chi connectivity index (χ2v) is 5.16. The summed E-state index contributed by atoms with van der Waals surface area (Å²) in [5.74, 6) is 0.0883. The lowest BCUT2D eigenvalue weighted by Gasteiger charge is -2.01. The van der Waals surface area contributed by atoms with Crippen LogP contribution in [0.15, 0.2) is 59.1 Å². The van der Waals surface area contributed by atoms with Gasteiger partial charge >= 0.3 is 0 Å². The lowest BCUT2D eigenvalue weighted by atomic mass is 10.1. The highest BCUT2D eigenvalue weighted by Gasteiger charge is 2.14. The standard InChI is InChI=1S/C17H10ClN3O2/c18-13-5-3-12(4-6-13)16-9-15(21-23-16)17(22)20-14-7-1-11(10-19)2-8-14/h1-9H,(H,20,22). The molecule has 1 heterocycles. The van der Waals surface area contributed by atoms with Crippen molar-refractivity contribution in [2.45, 2.75) is 0 Å². The van der Waals surface area contributed by atoms with E-state index in [4.69, 9.17) is 21.4 Å². The van der Waals surface area contributed by atoms with Crippen LogP contribution in [0.1, 0.15) is 16.1 Å². The summed E-state index contributed by atoms with van der Waals surface area (Å²) in [6.45, 7) is 0. The molecule has 0 saturated heterocycles. The van der Waals surface area contributed by atoms with Gasteiger partial charge in [-0.15, -0.1) is 0 Å². The number of hydrogen-bond donors (Lipinski definition) is 1. The Labute approximate surface area is 137 Å².